The van der Waals surface area contributed by atoms with Gasteiger partial charge in [-0.05, 0) is 61.3 Å². The van der Waals surface area contributed by atoms with Crippen LogP contribution in [0.1, 0.15) is 35.1 Å². The van der Waals surface area contributed by atoms with Gasteiger partial charge in [-0.1, -0.05) is 78.9 Å². The molecule has 5 unspecified atom stereocenters. The first kappa shape index (κ1) is 47.3. The molecule has 2 aliphatic rings. The first-order chi connectivity index (χ1) is 28.2. The van der Waals surface area contributed by atoms with Crippen molar-refractivity contribution in [2.75, 3.05) is 6.61 Å². The molecule has 0 aromatic heterocycles. The van der Waals surface area contributed by atoms with Crippen LogP contribution in [0.25, 0.3) is 0 Å². The molecular weight excluding hydrogens is 814 g/mol. The summed E-state index contributed by atoms with van der Waals surface area (Å²) in [6.45, 7) is 3.27. The average Bonchev–Trinajstić information content (AvgIpc) is 3.86. The minimum absolute atomic E-state index is 0.134. The van der Waals surface area contributed by atoms with E-state index in [0.717, 1.165) is 16.7 Å². The molecule has 3 aromatic carbocycles. The highest BCUT2D eigenvalue weighted by Crippen LogP contribution is 2.50. The van der Waals surface area contributed by atoms with Crippen LogP contribution in [0, 0.1) is 19.8 Å². The monoisotopic (exact) mass is 863 g/mol. The minimum Gasteiger partial charge on any atom is -0.485 e. The SMILES string of the molecule is Cc1cccc(C)c1OCC(=O)CC(Cc1ccccc1)C(O)CC(Cc1ccccc1)NC(=O)C1(N2C(=O)NC(O)(O)C(O)(O)C2(O)O)OC1OC(C(O)(O)O)C(O)(O)O. The summed E-state index contributed by atoms with van der Waals surface area (Å²) in [4.78, 5) is 40.5. The Hall–Kier alpha value is -4.73. The lowest BCUT2D eigenvalue weighted by atomic mass is 9.85. The van der Waals surface area contributed by atoms with E-state index in [4.69, 9.17) is 14.2 Å². The lowest BCUT2D eigenvalue weighted by molar-refractivity contribution is -0.499. The molecule has 0 spiro atoms. The van der Waals surface area contributed by atoms with Crippen molar-refractivity contribution >= 4 is 17.7 Å². The first-order valence-corrected chi connectivity index (χ1v) is 18.6. The molecule has 2 heterocycles. The first-order valence-electron chi connectivity index (χ1n) is 18.6. The number of hydrogen-bond acceptors (Lipinski definition) is 19. The molecule has 2 fully saturated rings. The van der Waals surface area contributed by atoms with E-state index < -0.39 is 94.8 Å². The number of carbonyl (C=O) groups is 3. The summed E-state index contributed by atoms with van der Waals surface area (Å²) in [6, 6.07) is 19.0. The molecule has 61 heavy (non-hydrogen) atoms. The molecule has 3 aromatic rings. The summed E-state index contributed by atoms with van der Waals surface area (Å²) in [6.07, 6.45) is -8.26. The Morgan fingerprint density at radius 1 is 0.820 bits per heavy atom. The van der Waals surface area contributed by atoms with Crippen molar-refractivity contribution in [1.29, 1.82) is 0 Å². The Morgan fingerprint density at radius 3 is 1.87 bits per heavy atom. The molecule has 22 heteroatoms. The van der Waals surface area contributed by atoms with Gasteiger partial charge in [0.1, 0.15) is 12.4 Å². The third kappa shape index (κ3) is 10.2. The zero-order chi connectivity index (χ0) is 45.3. The van der Waals surface area contributed by atoms with E-state index in [1.165, 1.54) is 5.32 Å². The van der Waals surface area contributed by atoms with Gasteiger partial charge in [-0.3, -0.25) is 14.9 Å². The summed E-state index contributed by atoms with van der Waals surface area (Å²) in [5.74, 6) is -24.8. The van der Waals surface area contributed by atoms with Gasteiger partial charge >= 0.3 is 35.6 Å². The molecule has 5 rings (SSSR count). The van der Waals surface area contributed by atoms with Crippen molar-refractivity contribution < 1.29 is 95.0 Å². The molecule has 0 bridgehead atoms. The van der Waals surface area contributed by atoms with Gasteiger partial charge in [-0.15, -0.1) is 0 Å². The number of aliphatic hydroxyl groups excluding tert-OH is 1. The second kappa shape index (κ2) is 17.6. The van der Waals surface area contributed by atoms with Crippen LogP contribution in [0.2, 0.25) is 0 Å². The quantitative estimate of drug-likeness (QED) is 0.0400. The fourth-order valence-electron chi connectivity index (χ4n) is 7.10. The van der Waals surface area contributed by atoms with Gasteiger partial charge in [0.15, 0.2) is 5.78 Å². The topological polar surface area (TPSA) is 372 Å². The molecule has 22 nitrogen and oxygen atoms in total. The van der Waals surface area contributed by atoms with Crippen LogP contribution in [-0.2, 0) is 31.9 Å². The van der Waals surface area contributed by atoms with Gasteiger partial charge in [0.2, 0.25) is 12.4 Å². The fourth-order valence-corrected chi connectivity index (χ4v) is 7.10. The van der Waals surface area contributed by atoms with E-state index in [2.05, 4.69) is 5.32 Å². The number of nitrogens with zero attached hydrogens (tertiary/aromatic N) is 1. The number of para-hydroxylation sites is 1. The number of rotatable bonds is 19. The normalized spacial score (nSPS) is 22.2. The van der Waals surface area contributed by atoms with Gasteiger partial charge in [0, 0.05) is 12.5 Å². The van der Waals surface area contributed by atoms with Crippen LogP contribution in [0.15, 0.2) is 78.9 Å². The predicted octanol–water partition coefficient (Wildman–Crippen LogP) is -4.34. The van der Waals surface area contributed by atoms with Crippen LogP contribution in [0.5, 0.6) is 5.75 Å². The van der Waals surface area contributed by atoms with E-state index in [0.29, 0.717) is 11.3 Å². The number of amides is 3. The number of hydrogen-bond donors (Lipinski definition) is 15. The van der Waals surface area contributed by atoms with Crippen molar-refractivity contribution in [3.8, 4) is 5.75 Å². The van der Waals surface area contributed by atoms with Gasteiger partial charge in [-0.25, -0.2) is 9.69 Å². The summed E-state index contributed by atoms with van der Waals surface area (Å²) in [7, 11) is 0. The van der Waals surface area contributed by atoms with Crippen molar-refractivity contribution in [2.24, 2.45) is 5.92 Å². The summed E-state index contributed by atoms with van der Waals surface area (Å²) < 4.78 is 15.8. The maximum atomic E-state index is 14.4. The number of aryl methyl sites for hydroxylation is 2. The smallest absolute Gasteiger partial charge is 0.328 e. The lowest BCUT2D eigenvalue weighted by Gasteiger charge is -2.52. The van der Waals surface area contributed by atoms with Crippen molar-refractivity contribution in [1.82, 2.24) is 15.5 Å². The zero-order valence-electron chi connectivity index (χ0n) is 32.6. The Balaban J connectivity index is 1.49. The third-order valence-electron chi connectivity index (χ3n) is 10.3. The second-order valence-electron chi connectivity index (χ2n) is 15.1. The summed E-state index contributed by atoms with van der Waals surface area (Å²) >= 11 is 0. The molecule has 5 atom stereocenters. The second-order valence-corrected chi connectivity index (χ2v) is 15.1. The van der Waals surface area contributed by atoms with Crippen LogP contribution >= 0.6 is 0 Å². The van der Waals surface area contributed by atoms with Crippen molar-refractivity contribution in [3.63, 3.8) is 0 Å². The maximum Gasteiger partial charge on any atom is 0.328 e. The minimum atomic E-state index is -4.66. The lowest BCUT2D eigenvalue weighted by Crippen LogP contribution is -2.87. The van der Waals surface area contributed by atoms with Gasteiger partial charge in [-0.2, -0.15) is 0 Å². The number of ether oxygens (including phenoxy) is 3. The van der Waals surface area contributed by atoms with Crippen LogP contribution in [0.3, 0.4) is 0 Å². The molecule has 2 aliphatic heterocycles. The van der Waals surface area contributed by atoms with Crippen LogP contribution < -0.4 is 15.4 Å². The maximum absolute atomic E-state index is 14.4. The fraction of sp³-hybridized carbons (Fsp3) is 0.462. The average molecular weight is 864 g/mol. The standard InChI is InChI=1S/C39H49N3O19/c1-21-10-9-11-22(2)29(21)59-20-27(43)18-25(16-23-12-5-3-6-13-23)28(44)19-26(17-24-14-7-4-8-15-24)40-31(45)34(32(61-34)60-30(35(47,48)49)36(50,51)52)42-33(46)41-38(55,56)37(53,54)39(42,57)58/h3-15,25-26,28,30,32,44,47-58H,16-20H2,1-2H3,(H,40,45)(H,41,46). The van der Waals surface area contributed by atoms with Gasteiger partial charge < -0.3 is 85.9 Å². The number of urea groups is 1. The van der Waals surface area contributed by atoms with E-state index >= 15 is 0 Å². The Labute approximate surface area is 346 Å². The van der Waals surface area contributed by atoms with Crippen molar-refractivity contribution in [3.05, 3.63) is 101 Å². The molecule has 0 radical (unpaired) electrons. The van der Waals surface area contributed by atoms with Crippen molar-refractivity contribution in [2.45, 2.75) is 99.4 Å². The number of aliphatic hydroxyl groups is 13. The molecule has 0 aliphatic carbocycles. The number of ketones is 1. The van der Waals surface area contributed by atoms with Gasteiger partial charge in [0.25, 0.3) is 11.6 Å². The third-order valence-corrected chi connectivity index (χ3v) is 10.3. The highest BCUT2D eigenvalue weighted by molar-refractivity contribution is 5.93. The number of epoxide rings is 1. The Bertz CT molecular complexity index is 1990. The number of nitrogens with one attached hydrogen (secondary N) is 2. The number of carbonyl (C=O) groups excluding carboxylic acids is 3. The molecule has 2 saturated heterocycles. The molecule has 334 valence electrons. The predicted molar refractivity (Wildman–Crippen MR) is 200 cm³/mol. The highest BCUT2D eigenvalue weighted by Gasteiger charge is 2.82. The Morgan fingerprint density at radius 2 is 1.34 bits per heavy atom. The van der Waals surface area contributed by atoms with E-state index in [1.54, 1.807) is 60.7 Å². The van der Waals surface area contributed by atoms with Crippen LogP contribution in [0.4, 0.5) is 4.79 Å². The van der Waals surface area contributed by atoms with Gasteiger partial charge in [0.05, 0.1) is 6.10 Å². The summed E-state index contributed by atoms with van der Waals surface area (Å²) in [5, 5.41) is 137. The Kier molecular flexibility index (Phi) is 13.6. The zero-order valence-corrected chi connectivity index (χ0v) is 32.6. The number of benzene rings is 3. The van der Waals surface area contributed by atoms with Crippen LogP contribution in [-0.4, -0.2) is 155 Å². The largest absolute Gasteiger partial charge is 0.485 e. The van der Waals surface area contributed by atoms with E-state index in [1.807, 2.05) is 32.0 Å². The molecule has 3 amide bonds. The van der Waals surface area contributed by atoms with E-state index in [-0.39, 0.29) is 25.9 Å². The molecule has 15 N–H and O–H groups in total. The van der Waals surface area contributed by atoms with E-state index in [9.17, 15) is 80.8 Å². The highest BCUT2D eigenvalue weighted by atomic mass is 16.8. The summed E-state index contributed by atoms with van der Waals surface area (Å²) in [5.41, 5.74) is -0.717. The number of Topliss-reactive ketones (excluding diaryl/α,β-unsaturated/α-hetero) is 1. The molecular formula is C39H49N3O19. The molecule has 0 saturated carbocycles.